The Labute approximate surface area is 117 Å². The van der Waals surface area contributed by atoms with E-state index in [2.05, 4.69) is 15.3 Å². The lowest BCUT2D eigenvalue weighted by atomic mass is 10.1. The second-order valence-corrected chi connectivity index (χ2v) is 4.78. The summed E-state index contributed by atoms with van der Waals surface area (Å²) in [7, 11) is 0. The summed E-state index contributed by atoms with van der Waals surface area (Å²) in [6.45, 7) is 4.25. The lowest BCUT2D eigenvalue weighted by molar-refractivity contribution is 0.496. The minimum atomic E-state index is -0.503. The SMILES string of the molecule is Cc1nccc(CNC(C)Cc2c(F)cccc2F)n1. The van der Waals surface area contributed by atoms with Crippen LogP contribution in [0.25, 0.3) is 0 Å². The molecule has 0 amide bonds. The van der Waals surface area contributed by atoms with Gasteiger partial charge in [-0.3, -0.25) is 0 Å². The summed E-state index contributed by atoms with van der Waals surface area (Å²) < 4.78 is 27.1. The number of nitrogens with zero attached hydrogens (tertiary/aromatic N) is 2. The van der Waals surface area contributed by atoms with Crippen LogP contribution < -0.4 is 5.32 Å². The van der Waals surface area contributed by atoms with Crippen molar-refractivity contribution in [3.8, 4) is 0 Å². The molecule has 0 saturated carbocycles. The average Bonchev–Trinajstić information content (AvgIpc) is 2.41. The number of rotatable bonds is 5. The molecule has 1 aromatic carbocycles. The highest BCUT2D eigenvalue weighted by molar-refractivity contribution is 5.20. The molecule has 0 aliphatic rings. The van der Waals surface area contributed by atoms with Crippen LogP contribution in [0.15, 0.2) is 30.5 Å². The molecule has 106 valence electrons. The molecule has 5 heteroatoms. The highest BCUT2D eigenvalue weighted by Crippen LogP contribution is 2.14. The van der Waals surface area contributed by atoms with Gasteiger partial charge in [0.05, 0.1) is 5.69 Å². The first-order chi connectivity index (χ1) is 9.56. The second kappa shape index (κ2) is 6.52. The van der Waals surface area contributed by atoms with Crippen LogP contribution in [0.5, 0.6) is 0 Å². The molecule has 2 aromatic rings. The van der Waals surface area contributed by atoms with Crippen molar-refractivity contribution < 1.29 is 8.78 Å². The molecule has 1 N–H and O–H groups in total. The van der Waals surface area contributed by atoms with Crippen LogP contribution in [0, 0.1) is 18.6 Å². The van der Waals surface area contributed by atoms with Gasteiger partial charge in [0.25, 0.3) is 0 Å². The maximum atomic E-state index is 13.5. The minimum Gasteiger partial charge on any atom is -0.308 e. The second-order valence-electron chi connectivity index (χ2n) is 4.78. The molecular formula is C15H17F2N3. The molecule has 0 aliphatic carbocycles. The van der Waals surface area contributed by atoms with Crippen molar-refractivity contribution in [2.24, 2.45) is 0 Å². The van der Waals surface area contributed by atoms with E-state index in [4.69, 9.17) is 0 Å². The summed E-state index contributed by atoms with van der Waals surface area (Å²) >= 11 is 0. The molecule has 0 bridgehead atoms. The van der Waals surface area contributed by atoms with Crippen LogP contribution in [0.1, 0.15) is 24.0 Å². The average molecular weight is 277 g/mol. The zero-order chi connectivity index (χ0) is 14.5. The third-order valence-corrected chi connectivity index (χ3v) is 3.04. The molecular weight excluding hydrogens is 260 g/mol. The van der Waals surface area contributed by atoms with Crippen LogP contribution >= 0.6 is 0 Å². The number of halogens is 2. The Hall–Kier alpha value is -1.88. The van der Waals surface area contributed by atoms with Crippen LogP contribution in [0.3, 0.4) is 0 Å². The van der Waals surface area contributed by atoms with Crippen LogP contribution in [-0.4, -0.2) is 16.0 Å². The Morgan fingerprint density at radius 3 is 2.55 bits per heavy atom. The van der Waals surface area contributed by atoms with E-state index in [1.165, 1.54) is 18.2 Å². The van der Waals surface area contributed by atoms with E-state index in [1.54, 1.807) is 6.20 Å². The Morgan fingerprint density at radius 1 is 1.20 bits per heavy atom. The minimum absolute atomic E-state index is 0.0586. The zero-order valence-electron chi connectivity index (χ0n) is 11.5. The van der Waals surface area contributed by atoms with Gasteiger partial charge in [-0.15, -0.1) is 0 Å². The molecule has 2 rings (SSSR count). The van der Waals surface area contributed by atoms with E-state index < -0.39 is 11.6 Å². The number of hydrogen-bond donors (Lipinski definition) is 1. The van der Waals surface area contributed by atoms with Crippen molar-refractivity contribution in [1.29, 1.82) is 0 Å². The van der Waals surface area contributed by atoms with Crippen molar-refractivity contribution in [2.45, 2.75) is 32.9 Å². The van der Waals surface area contributed by atoms with Gasteiger partial charge < -0.3 is 5.32 Å². The van der Waals surface area contributed by atoms with Gasteiger partial charge in [0, 0.05) is 24.3 Å². The van der Waals surface area contributed by atoms with Gasteiger partial charge in [0.1, 0.15) is 17.5 Å². The van der Waals surface area contributed by atoms with Crippen molar-refractivity contribution >= 4 is 0 Å². The van der Waals surface area contributed by atoms with Gasteiger partial charge in [-0.05, 0) is 38.5 Å². The third-order valence-electron chi connectivity index (χ3n) is 3.04. The molecule has 1 aromatic heterocycles. The monoisotopic (exact) mass is 277 g/mol. The summed E-state index contributed by atoms with van der Waals surface area (Å²) in [5, 5.41) is 3.21. The molecule has 20 heavy (non-hydrogen) atoms. The summed E-state index contributed by atoms with van der Waals surface area (Å²) in [5.74, 6) is -0.301. The molecule has 0 aliphatic heterocycles. The predicted molar refractivity (Wildman–Crippen MR) is 73.1 cm³/mol. The lowest BCUT2D eigenvalue weighted by Crippen LogP contribution is -2.28. The van der Waals surface area contributed by atoms with Crippen LogP contribution in [0.4, 0.5) is 8.78 Å². The molecule has 0 fully saturated rings. The van der Waals surface area contributed by atoms with Gasteiger partial charge in [-0.1, -0.05) is 6.07 Å². The molecule has 1 unspecified atom stereocenters. The Balaban J connectivity index is 1.94. The molecule has 1 heterocycles. The smallest absolute Gasteiger partial charge is 0.129 e. The zero-order valence-corrected chi connectivity index (χ0v) is 11.5. The third kappa shape index (κ3) is 3.81. The number of hydrogen-bond acceptors (Lipinski definition) is 3. The molecule has 1 atom stereocenters. The molecule has 0 saturated heterocycles. The maximum Gasteiger partial charge on any atom is 0.129 e. The van der Waals surface area contributed by atoms with E-state index in [0.29, 0.717) is 18.8 Å². The summed E-state index contributed by atoms with van der Waals surface area (Å²) in [4.78, 5) is 8.29. The first-order valence-electron chi connectivity index (χ1n) is 6.51. The Morgan fingerprint density at radius 2 is 1.90 bits per heavy atom. The number of nitrogens with one attached hydrogen (secondary N) is 1. The van der Waals surface area contributed by atoms with Crippen molar-refractivity contribution in [2.75, 3.05) is 0 Å². The number of benzene rings is 1. The highest BCUT2D eigenvalue weighted by atomic mass is 19.1. The quantitative estimate of drug-likeness (QED) is 0.913. The fraction of sp³-hybridized carbons (Fsp3) is 0.333. The van der Waals surface area contributed by atoms with E-state index >= 15 is 0 Å². The lowest BCUT2D eigenvalue weighted by Gasteiger charge is -2.14. The maximum absolute atomic E-state index is 13.5. The van der Waals surface area contributed by atoms with Crippen molar-refractivity contribution in [1.82, 2.24) is 15.3 Å². The van der Waals surface area contributed by atoms with Gasteiger partial charge in [0.2, 0.25) is 0 Å². The van der Waals surface area contributed by atoms with E-state index in [9.17, 15) is 8.78 Å². The van der Waals surface area contributed by atoms with E-state index in [0.717, 1.165) is 5.69 Å². The summed E-state index contributed by atoms with van der Waals surface area (Å²) in [5.41, 5.74) is 0.977. The fourth-order valence-corrected chi connectivity index (χ4v) is 1.99. The van der Waals surface area contributed by atoms with E-state index in [-0.39, 0.29) is 11.6 Å². The summed E-state index contributed by atoms with van der Waals surface area (Å²) in [6, 6.07) is 5.68. The fourth-order valence-electron chi connectivity index (χ4n) is 1.99. The molecule has 0 radical (unpaired) electrons. The summed E-state index contributed by atoms with van der Waals surface area (Å²) in [6.07, 6.45) is 1.99. The van der Waals surface area contributed by atoms with Gasteiger partial charge in [-0.25, -0.2) is 18.7 Å². The van der Waals surface area contributed by atoms with Gasteiger partial charge >= 0.3 is 0 Å². The van der Waals surface area contributed by atoms with Crippen molar-refractivity contribution in [3.05, 3.63) is 59.2 Å². The topological polar surface area (TPSA) is 37.8 Å². The van der Waals surface area contributed by atoms with Gasteiger partial charge in [-0.2, -0.15) is 0 Å². The molecule has 0 spiro atoms. The number of aromatic nitrogens is 2. The van der Waals surface area contributed by atoms with E-state index in [1.807, 2.05) is 19.9 Å². The van der Waals surface area contributed by atoms with Crippen LogP contribution in [-0.2, 0) is 13.0 Å². The largest absolute Gasteiger partial charge is 0.308 e. The Bertz CT molecular complexity index is 567. The highest BCUT2D eigenvalue weighted by Gasteiger charge is 2.12. The van der Waals surface area contributed by atoms with Crippen LogP contribution in [0.2, 0.25) is 0 Å². The normalized spacial score (nSPS) is 12.4. The predicted octanol–water partition coefficient (Wildman–Crippen LogP) is 2.78. The van der Waals surface area contributed by atoms with Gasteiger partial charge in [0.15, 0.2) is 0 Å². The Kier molecular flexibility index (Phi) is 4.74. The molecule has 3 nitrogen and oxygen atoms in total. The number of aryl methyl sites for hydroxylation is 1. The standard InChI is InChI=1S/C15H17F2N3/c1-10(8-13-14(16)4-3-5-15(13)17)19-9-12-6-7-18-11(2)20-12/h3-7,10,19H,8-9H2,1-2H3. The van der Waals surface area contributed by atoms with Crippen molar-refractivity contribution in [3.63, 3.8) is 0 Å². The first kappa shape index (κ1) is 14.5. The first-order valence-corrected chi connectivity index (χ1v) is 6.51.